The largest absolute Gasteiger partial charge is 0.379 e. The molecule has 0 saturated carbocycles. The van der Waals surface area contributed by atoms with Crippen molar-refractivity contribution in [3.8, 4) is 0 Å². The predicted molar refractivity (Wildman–Crippen MR) is 80.7 cm³/mol. The maximum atomic E-state index is 10.7. The van der Waals surface area contributed by atoms with E-state index in [1.54, 1.807) is 12.1 Å². The highest BCUT2D eigenvalue weighted by atomic mass is 16.6. The SMILES string of the molecule is O=[N+]([O-])c1ccc(N2CCC(CN3CCOCC3)C2)cc1. The highest BCUT2D eigenvalue weighted by molar-refractivity contribution is 5.51. The molecule has 1 aromatic carbocycles. The Hall–Kier alpha value is -1.66. The van der Waals surface area contributed by atoms with Crippen LogP contribution in [0.5, 0.6) is 0 Å². The van der Waals surface area contributed by atoms with Crippen LogP contribution in [-0.2, 0) is 4.74 Å². The lowest BCUT2D eigenvalue weighted by molar-refractivity contribution is -0.384. The first-order chi connectivity index (χ1) is 10.2. The van der Waals surface area contributed by atoms with Crippen LogP contribution in [0.15, 0.2) is 24.3 Å². The first-order valence-electron chi connectivity index (χ1n) is 7.52. The Kier molecular flexibility index (Phi) is 4.36. The number of nitro groups is 1. The summed E-state index contributed by atoms with van der Waals surface area (Å²) >= 11 is 0. The van der Waals surface area contributed by atoms with Crippen molar-refractivity contribution < 1.29 is 9.66 Å². The summed E-state index contributed by atoms with van der Waals surface area (Å²) in [5.41, 5.74) is 1.24. The first-order valence-corrected chi connectivity index (χ1v) is 7.52. The molecule has 2 aliphatic heterocycles. The number of morpholine rings is 1. The molecule has 0 aliphatic carbocycles. The number of benzene rings is 1. The quantitative estimate of drug-likeness (QED) is 0.625. The molecule has 21 heavy (non-hydrogen) atoms. The van der Waals surface area contributed by atoms with Crippen molar-refractivity contribution in [2.75, 3.05) is 50.8 Å². The van der Waals surface area contributed by atoms with Gasteiger partial charge in [-0.3, -0.25) is 15.0 Å². The average Bonchev–Trinajstić information content (AvgIpc) is 2.97. The molecule has 114 valence electrons. The summed E-state index contributed by atoms with van der Waals surface area (Å²) in [5.74, 6) is 0.679. The molecule has 0 aromatic heterocycles. The van der Waals surface area contributed by atoms with E-state index in [0.717, 1.165) is 51.6 Å². The lowest BCUT2D eigenvalue weighted by Crippen LogP contribution is -2.39. The van der Waals surface area contributed by atoms with Crippen molar-refractivity contribution in [2.45, 2.75) is 6.42 Å². The maximum Gasteiger partial charge on any atom is 0.269 e. The van der Waals surface area contributed by atoms with Crippen LogP contribution in [0.2, 0.25) is 0 Å². The van der Waals surface area contributed by atoms with Gasteiger partial charge in [-0.05, 0) is 24.5 Å². The number of rotatable bonds is 4. The molecule has 1 unspecified atom stereocenters. The molecule has 3 rings (SSSR count). The summed E-state index contributed by atoms with van der Waals surface area (Å²) in [6.07, 6.45) is 1.19. The first kappa shape index (κ1) is 14.3. The van der Waals surface area contributed by atoms with Gasteiger partial charge < -0.3 is 9.64 Å². The van der Waals surface area contributed by atoms with Gasteiger partial charge in [-0.25, -0.2) is 0 Å². The van der Waals surface area contributed by atoms with E-state index < -0.39 is 0 Å². The van der Waals surface area contributed by atoms with Gasteiger partial charge >= 0.3 is 0 Å². The summed E-state index contributed by atoms with van der Waals surface area (Å²) in [5, 5.41) is 10.7. The fourth-order valence-corrected chi connectivity index (χ4v) is 3.15. The number of anilines is 1. The molecule has 0 amide bonds. The molecule has 2 fully saturated rings. The smallest absolute Gasteiger partial charge is 0.269 e. The van der Waals surface area contributed by atoms with Crippen LogP contribution in [0.3, 0.4) is 0 Å². The Labute approximate surface area is 124 Å². The third kappa shape index (κ3) is 3.51. The van der Waals surface area contributed by atoms with Crippen molar-refractivity contribution in [2.24, 2.45) is 5.92 Å². The van der Waals surface area contributed by atoms with Crippen LogP contribution in [0.4, 0.5) is 11.4 Å². The molecular weight excluding hydrogens is 270 g/mol. The van der Waals surface area contributed by atoms with Crippen molar-refractivity contribution in [3.05, 3.63) is 34.4 Å². The molecule has 6 nitrogen and oxygen atoms in total. The molecule has 2 saturated heterocycles. The summed E-state index contributed by atoms with van der Waals surface area (Å²) in [6, 6.07) is 6.89. The summed E-state index contributed by atoms with van der Waals surface area (Å²) in [7, 11) is 0. The molecule has 6 heteroatoms. The number of nitro benzene ring substituents is 1. The number of ether oxygens (including phenoxy) is 1. The molecule has 0 N–H and O–H groups in total. The lowest BCUT2D eigenvalue weighted by atomic mass is 10.1. The van der Waals surface area contributed by atoms with Crippen LogP contribution >= 0.6 is 0 Å². The van der Waals surface area contributed by atoms with Crippen molar-refractivity contribution in [1.82, 2.24) is 4.90 Å². The molecule has 0 bridgehead atoms. The van der Waals surface area contributed by atoms with Gasteiger partial charge in [0.1, 0.15) is 0 Å². The second kappa shape index (κ2) is 6.41. The van der Waals surface area contributed by atoms with E-state index in [1.807, 2.05) is 12.1 Å². The van der Waals surface area contributed by atoms with Crippen molar-refractivity contribution >= 4 is 11.4 Å². The number of hydrogen-bond acceptors (Lipinski definition) is 5. The minimum absolute atomic E-state index is 0.155. The maximum absolute atomic E-state index is 10.7. The fraction of sp³-hybridized carbons (Fsp3) is 0.600. The minimum atomic E-state index is -0.352. The van der Waals surface area contributed by atoms with Gasteiger partial charge in [-0.1, -0.05) is 0 Å². The zero-order valence-corrected chi connectivity index (χ0v) is 12.1. The van der Waals surface area contributed by atoms with Crippen LogP contribution in [0.25, 0.3) is 0 Å². The molecular formula is C15H21N3O3. The van der Waals surface area contributed by atoms with E-state index in [2.05, 4.69) is 9.80 Å². The minimum Gasteiger partial charge on any atom is -0.379 e. The monoisotopic (exact) mass is 291 g/mol. The van der Waals surface area contributed by atoms with E-state index in [0.29, 0.717) is 5.92 Å². The van der Waals surface area contributed by atoms with E-state index in [1.165, 1.54) is 6.42 Å². The normalized spacial score (nSPS) is 23.4. The van der Waals surface area contributed by atoms with Gasteiger partial charge in [0.05, 0.1) is 18.1 Å². The van der Waals surface area contributed by atoms with Crippen LogP contribution in [0, 0.1) is 16.0 Å². The Bertz CT molecular complexity index is 485. The molecule has 1 atom stereocenters. The number of nitrogens with zero attached hydrogens (tertiary/aromatic N) is 3. The van der Waals surface area contributed by atoms with Crippen LogP contribution < -0.4 is 4.90 Å². The van der Waals surface area contributed by atoms with Gasteiger partial charge in [-0.2, -0.15) is 0 Å². The number of hydrogen-bond donors (Lipinski definition) is 0. The lowest BCUT2D eigenvalue weighted by Gasteiger charge is -2.29. The summed E-state index contributed by atoms with van der Waals surface area (Å²) in [6.45, 7) is 6.97. The third-order valence-electron chi connectivity index (χ3n) is 4.33. The van der Waals surface area contributed by atoms with Gasteiger partial charge in [-0.15, -0.1) is 0 Å². The highest BCUT2D eigenvalue weighted by Crippen LogP contribution is 2.26. The van der Waals surface area contributed by atoms with Crippen molar-refractivity contribution in [3.63, 3.8) is 0 Å². The molecule has 0 radical (unpaired) electrons. The molecule has 0 spiro atoms. The standard InChI is InChI=1S/C15H21N3O3/c19-18(20)15-3-1-14(2-4-15)17-6-5-13(12-17)11-16-7-9-21-10-8-16/h1-4,13H,5-12H2. The van der Waals surface area contributed by atoms with E-state index >= 15 is 0 Å². The van der Waals surface area contributed by atoms with E-state index in [9.17, 15) is 10.1 Å². The van der Waals surface area contributed by atoms with E-state index in [-0.39, 0.29) is 10.6 Å². The Morgan fingerprint density at radius 3 is 2.57 bits per heavy atom. The zero-order chi connectivity index (χ0) is 14.7. The Balaban J connectivity index is 1.54. The number of non-ortho nitro benzene ring substituents is 1. The molecule has 2 aliphatic rings. The van der Waals surface area contributed by atoms with E-state index in [4.69, 9.17) is 4.74 Å². The van der Waals surface area contributed by atoms with Crippen LogP contribution in [-0.4, -0.2) is 55.8 Å². The summed E-state index contributed by atoms with van der Waals surface area (Å²) in [4.78, 5) is 15.1. The van der Waals surface area contributed by atoms with Crippen molar-refractivity contribution in [1.29, 1.82) is 0 Å². The molecule has 1 aromatic rings. The summed E-state index contributed by atoms with van der Waals surface area (Å²) < 4.78 is 5.38. The Morgan fingerprint density at radius 1 is 1.19 bits per heavy atom. The second-order valence-electron chi connectivity index (χ2n) is 5.79. The van der Waals surface area contributed by atoms with Gasteiger partial charge in [0.2, 0.25) is 0 Å². The van der Waals surface area contributed by atoms with Gasteiger partial charge in [0.25, 0.3) is 5.69 Å². The zero-order valence-electron chi connectivity index (χ0n) is 12.1. The predicted octanol–water partition coefficient (Wildman–Crippen LogP) is 1.75. The molecule has 2 heterocycles. The highest BCUT2D eigenvalue weighted by Gasteiger charge is 2.25. The fourth-order valence-electron chi connectivity index (χ4n) is 3.15. The van der Waals surface area contributed by atoms with Crippen LogP contribution in [0.1, 0.15) is 6.42 Å². The van der Waals surface area contributed by atoms with Gasteiger partial charge in [0.15, 0.2) is 0 Å². The topological polar surface area (TPSA) is 58.9 Å². The Morgan fingerprint density at radius 2 is 1.90 bits per heavy atom. The second-order valence-corrected chi connectivity index (χ2v) is 5.79. The van der Waals surface area contributed by atoms with Gasteiger partial charge in [0, 0.05) is 50.5 Å². The average molecular weight is 291 g/mol. The third-order valence-corrected chi connectivity index (χ3v) is 4.33.